The smallest absolute Gasteiger partial charge is 0.208 e. The first kappa shape index (κ1) is 24.0. The fraction of sp³-hybridized carbons (Fsp3) is 1.00. The van der Waals surface area contributed by atoms with Crippen LogP contribution in [0.5, 0.6) is 0 Å². The molecule has 4 saturated carbocycles. The minimum Gasteiger partial charge on any atom is -0.329 e. The summed E-state index contributed by atoms with van der Waals surface area (Å²) in [4.78, 5) is 0. The molecule has 0 aromatic heterocycles. The maximum absolute atomic E-state index is 11.6. The van der Waals surface area contributed by atoms with Gasteiger partial charge in [-0.15, -0.1) is 0 Å². The number of hydrogen-bond acceptors (Lipinski definition) is 4. The van der Waals surface area contributed by atoms with Crippen molar-refractivity contribution in [2.45, 2.75) is 84.6 Å². The van der Waals surface area contributed by atoms with Gasteiger partial charge in [0.05, 0.1) is 6.26 Å². The SMILES string of the molecule is CC(CNS(C)(=O)=O)C1CCC2C3CCC4CC(NCCN)CCC4(C)C3CCC12C. The lowest BCUT2D eigenvalue weighted by Gasteiger charge is -2.61. The number of nitrogens with one attached hydrogen (secondary N) is 2. The summed E-state index contributed by atoms with van der Waals surface area (Å²) < 4.78 is 26.0. The van der Waals surface area contributed by atoms with Crippen LogP contribution in [0.1, 0.15) is 78.6 Å². The van der Waals surface area contributed by atoms with E-state index in [9.17, 15) is 8.42 Å². The Kier molecular flexibility index (Phi) is 6.87. The van der Waals surface area contributed by atoms with Gasteiger partial charge in [-0.25, -0.2) is 13.1 Å². The molecule has 0 radical (unpaired) electrons. The highest BCUT2D eigenvalue weighted by molar-refractivity contribution is 7.88. The fourth-order valence-electron chi connectivity index (χ4n) is 9.13. The summed E-state index contributed by atoms with van der Waals surface area (Å²) >= 11 is 0. The quantitative estimate of drug-likeness (QED) is 0.548. The molecule has 4 aliphatic carbocycles. The molecule has 9 unspecified atom stereocenters. The summed E-state index contributed by atoms with van der Waals surface area (Å²) in [5.41, 5.74) is 6.64. The van der Waals surface area contributed by atoms with Gasteiger partial charge in [0.2, 0.25) is 10.0 Å². The Morgan fingerprint density at radius 3 is 2.42 bits per heavy atom. The van der Waals surface area contributed by atoms with Crippen LogP contribution >= 0.6 is 0 Å². The van der Waals surface area contributed by atoms with Gasteiger partial charge in [-0.05, 0) is 104 Å². The van der Waals surface area contributed by atoms with Gasteiger partial charge in [-0.2, -0.15) is 0 Å². The van der Waals surface area contributed by atoms with Crippen LogP contribution < -0.4 is 15.8 Å². The molecular weight excluding hydrogens is 406 g/mol. The molecule has 31 heavy (non-hydrogen) atoms. The van der Waals surface area contributed by atoms with Crippen LogP contribution in [0.4, 0.5) is 0 Å². The molecule has 0 aromatic rings. The van der Waals surface area contributed by atoms with E-state index in [1.807, 2.05) is 0 Å². The molecule has 0 aliphatic heterocycles. The second-order valence-corrected chi connectivity index (χ2v) is 14.0. The van der Waals surface area contributed by atoms with Crippen molar-refractivity contribution in [2.24, 2.45) is 52.1 Å². The molecule has 5 nitrogen and oxygen atoms in total. The average molecular weight is 454 g/mol. The van der Waals surface area contributed by atoms with Crippen molar-refractivity contribution < 1.29 is 8.42 Å². The first-order chi connectivity index (χ1) is 14.6. The molecule has 0 amide bonds. The zero-order valence-corrected chi connectivity index (χ0v) is 21.1. The highest BCUT2D eigenvalue weighted by Gasteiger charge is 2.60. The minimum atomic E-state index is -3.11. The van der Waals surface area contributed by atoms with Gasteiger partial charge in [-0.1, -0.05) is 20.8 Å². The largest absolute Gasteiger partial charge is 0.329 e. The normalized spacial score (nSPS) is 46.1. The molecular formula is C25H47N3O2S. The van der Waals surface area contributed by atoms with Crippen LogP contribution in [0.3, 0.4) is 0 Å². The van der Waals surface area contributed by atoms with E-state index in [0.29, 0.717) is 35.3 Å². The molecule has 0 spiro atoms. The van der Waals surface area contributed by atoms with Gasteiger partial charge in [0.1, 0.15) is 0 Å². The fourth-order valence-corrected chi connectivity index (χ4v) is 9.70. The zero-order chi connectivity index (χ0) is 22.4. The second kappa shape index (κ2) is 8.88. The predicted octanol–water partition coefficient (Wildman–Crippen LogP) is 3.75. The number of rotatable bonds is 7. The third kappa shape index (κ3) is 4.48. The number of fused-ring (bicyclic) bond motifs is 5. The molecule has 4 rings (SSSR count). The number of nitrogens with two attached hydrogens (primary N) is 1. The summed E-state index contributed by atoms with van der Waals surface area (Å²) in [5.74, 6) is 4.54. The molecule has 0 heterocycles. The van der Waals surface area contributed by atoms with E-state index in [1.54, 1.807) is 0 Å². The molecule has 4 N–H and O–H groups in total. The Labute approximate surface area is 191 Å². The molecule has 180 valence electrons. The Balaban J connectivity index is 1.45. The van der Waals surface area contributed by atoms with E-state index >= 15 is 0 Å². The lowest BCUT2D eigenvalue weighted by molar-refractivity contribution is -0.117. The average Bonchev–Trinajstić information content (AvgIpc) is 3.07. The monoisotopic (exact) mass is 453 g/mol. The highest BCUT2D eigenvalue weighted by atomic mass is 32.2. The highest BCUT2D eigenvalue weighted by Crippen LogP contribution is 2.68. The Morgan fingerprint density at radius 2 is 1.71 bits per heavy atom. The van der Waals surface area contributed by atoms with Crippen LogP contribution in [0.2, 0.25) is 0 Å². The van der Waals surface area contributed by atoms with Gasteiger partial charge in [0, 0.05) is 25.7 Å². The third-order valence-corrected chi connectivity index (χ3v) is 11.4. The maximum atomic E-state index is 11.6. The van der Waals surface area contributed by atoms with E-state index in [-0.39, 0.29) is 0 Å². The van der Waals surface area contributed by atoms with E-state index in [2.05, 4.69) is 30.8 Å². The lowest BCUT2D eigenvalue weighted by atomic mass is 9.44. The topological polar surface area (TPSA) is 84.2 Å². The van der Waals surface area contributed by atoms with Crippen molar-refractivity contribution in [3.8, 4) is 0 Å². The van der Waals surface area contributed by atoms with Crippen LogP contribution in [0.15, 0.2) is 0 Å². The molecule has 4 fully saturated rings. The molecule has 0 saturated heterocycles. The van der Waals surface area contributed by atoms with Crippen molar-refractivity contribution in [1.29, 1.82) is 0 Å². The summed E-state index contributed by atoms with van der Waals surface area (Å²) in [6.45, 7) is 9.76. The number of sulfonamides is 1. The van der Waals surface area contributed by atoms with Gasteiger partial charge in [0.25, 0.3) is 0 Å². The molecule has 4 aliphatic rings. The van der Waals surface area contributed by atoms with Crippen molar-refractivity contribution in [2.75, 3.05) is 25.9 Å². The maximum Gasteiger partial charge on any atom is 0.208 e. The third-order valence-electron chi connectivity index (χ3n) is 10.7. The first-order valence-corrected chi connectivity index (χ1v) is 14.9. The van der Waals surface area contributed by atoms with Gasteiger partial charge in [0.15, 0.2) is 0 Å². The van der Waals surface area contributed by atoms with Crippen molar-refractivity contribution >= 4 is 10.0 Å². The molecule has 0 aromatic carbocycles. The van der Waals surface area contributed by atoms with Gasteiger partial charge >= 0.3 is 0 Å². The summed E-state index contributed by atoms with van der Waals surface area (Å²) in [5, 5.41) is 3.70. The van der Waals surface area contributed by atoms with Gasteiger partial charge < -0.3 is 11.1 Å². The summed E-state index contributed by atoms with van der Waals surface area (Å²) in [7, 11) is -3.11. The predicted molar refractivity (Wildman–Crippen MR) is 128 cm³/mol. The standard InChI is InChI=1S/C25H47N3O2S/c1-17(16-28-31(4,29)30)21-7-8-22-20-6-5-18-15-19(27-14-13-26)9-11-24(18,2)23(20)10-12-25(21,22)3/h17-23,27-28H,5-16,26H2,1-4H3. The van der Waals surface area contributed by atoms with E-state index < -0.39 is 10.0 Å². The summed E-state index contributed by atoms with van der Waals surface area (Å²) in [6, 6.07) is 0.672. The molecule has 6 heteroatoms. The van der Waals surface area contributed by atoms with Crippen LogP contribution in [0, 0.1) is 46.3 Å². The zero-order valence-electron chi connectivity index (χ0n) is 20.3. The number of hydrogen-bond donors (Lipinski definition) is 3. The molecule has 0 bridgehead atoms. The van der Waals surface area contributed by atoms with Gasteiger partial charge in [-0.3, -0.25) is 0 Å². The van der Waals surface area contributed by atoms with E-state index in [0.717, 1.165) is 36.8 Å². The van der Waals surface area contributed by atoms with Crippen molar-refractivity contribution in [3.63, 3.8) is 0 Å². The van der Waals surface area contributed by atoms with Crippen LogP contribution in [-0.2, 0) is 10.0 Å². The van der Waals surface area contributed by atoms with Crippen LogP contribution in [-0.4, -0.2) is 40.3 Å². The second-order valence-electron chi connectivity index (χ2n) is 12.2. The minimum absolute atomic E-state index is 0.392. The Morgan fingerprint density at radius 1 is 1.00 bits per heavy atom. The lowest BCUT2D eigenvalue weighted by Crippen LogP contribution is -2.55. The van der Waals surface area contributed by atoms with Crippen LogP contribution in [0.25, 0.3) is 0 Å². The van der Waals surface area contributed by atoms with E-state index in [1.165, 1.54) is 64.0 Å². The molecule has 9 atom stereocenters. The van der Waals surface area contributed by atoms with Crippen molar-refractivity contribution in [3.05, 3.63) is 0 Å². The summed E-state index contributed by atoms with van der Waals surface area (Å²) in [6.07, 6.45) is 13.5. The van der Waals surface area contributed by atoms with E-state index in [4.69, 9.17) is 5.73 Å². The Bertz CT molecular complexity index is 743. The van der Waals surface area contributed by atoms with Crippen molar-refractivity contribution in [1.82, 2.24) is 10.0 Å². The first-order valence-electron chi connectivity index (χ1n) is 13.0. The Hall–Kier alpha value is -0.170.